The minimum Gasteiger partial charge on any atom is -0.381 e. The molecule has 0 rings (SSSR count). The summed E-state index contributed by atoms with van der Waals surface area (Å²) in [7, 11) is 0. The van der Waals surface area contributed by atoms with E-state index in [0.29, 0.717) is 17.9 Å². The molecule has 0 radical (unpaired) electrons. The molecule has 0 aliphatic carbocycles. The van der Waals surface area contributed by atoms with Gasteiger partial charge in [-0.3, -0.25) is 0 Å². The van der Waals surface area contributed by atoms with Gasteiger partial charge in [-0.05, 0) is 24.7 Å². The second kappa shape index (κ2) is 7.34. The van der Waals surface area contributed by atoms with Crippen LogP contribution in [0.25, 0.3) is 0 Å². The third-order valence-corrected chi connectivity index (χ3v) is 2.37. The van der Waals surface area contributed by atoms with Crippen LogP contribution in [-0.2, 0) is 4.74 Å². The first kappa shape index (κ1) is 12.9. The summed E-state index contributed by atoms with van der Waals surface area (Å²) in [5, 5.41) is 0. The Morgan fingerprint density at radius 2 is 1.85 bits per heavy atom. The van der Waals surface area contributed by atoms with Crippen LogP contribution < -0.4 is 5.73 Å². The van der Waals surface area contributed by atoms with Gasteiger partial charge in [0.2, 0.25) is 0 Å². The lowest BCUT2D eigenvalue weighted by molar-refractivity contribution is 0.0966. The van der Waals surface area contributed by atoms with E-state index in [-0.39, 0.29) is 0 Å². The van der Waals surface area contributed by atoms with E-state index >= 15 is 0 Å². The molecule has 0 bridgehead atoms. The number of hydrogen-bond donors (Lipinski definition) is 1. The third kappa shape index (κ3) is 7.03. The van der Waals surface area contributed by atoms with Gasteiger partial charge in [0.1, 0.15) is 0 Å². The summed E-state index contributed by atoms with van der Waals surface area (Å²) < 4.78 is 5.50. The first-order chi connectivity index (χ1) is 6.07. The van der Waals surface area contributed by atoms with Gasteiger partial charge in [-0.2, -0.15) is 0 Å². The fourth-order valence-corrected chi connectivity index (χ4v) is 1.20. The standard InChI is InChI=1S/C11H25NO/c1-5-11(12)10(4)6-7-13-8-9(2)3/h9-11H,5-8,12H2,1-4H3. The van der Waals surface area contributed by atoms with Crippen molar-refractivity contribution in [2.24, 2.45) is 17.6 Å². The molecule has 2 atom stereocenters. The van der Waals surface area contributed by atoms with Gasteiger partial charge in [-0.25, -0.2) is 0 Å². The summed E-state index contributed by atoms with van der Waals surface area (Å²) in [6, 6.07) is 0.336. The Morgan fingerprint density at radius 3 is 2.31 bits per heavy atom. The molecule has 0 saturated heterocycles. The molecule has 0 aromatic carbocycles. The number of nitrogens with two attached hydrogens (primary N) is 1. The van der Waals surface area contributed by atoms with Gasteiger partial charge in [0.05, 0.1) is 0 Å². The van der Waals surface area contributed by atoms with Gasteiger partial charge in [0, 0.05) is 19.3 Å². The van der Waals surface area contributed by atoms with Crippen LogP contribution in [0.4, 0.5) is 0 Å². The number of hydrogen-bond acceptors (Lipinski definition) is 2. The lowest BCUT2D eigenvalue weighted by atomic mass is 9.98. The summed E-state index contributed by atoms with van der Waals surface area (Å²) in [4.78, 5) is 0. The van der Waals surface area contributed by atoms with E-state index in [4.69, 9.17) is 10.5 Å². The highest BCUT2D eigenvalue weighted by molar-refractivity contribution is 4.66. The van der Waals surface area contributed by atoms with Crippen molar-refractivity contribution < 1.29 is 4.74 Å². The molecule has 0 spiro atoms. The maximum absolute atomic E-state index is 5.90. The molecular formula is C11H25NO. The number of ether oxygens (including phenoxy) is 1. The van der Waals surface area contributed by atoms with Crippen molar-refractivity contribution in [3.05, 3.63) is 0 Å². The highest BCUT2D eigenvalue weighted by atomic mass is 16.5. The van der Waals surface area contributed by atoms with E-state index < -0.39 is 0 Å². The summed E-state index contributed by atoms with van der Waals surface area (Å²) in [5.74, 6) is 1.22. The Labute approximate surface area is 82.8 Å². The minimum atomic E-state index is 0.336. The summed E-state index contributed by atoms with van der Waals surface area (Å²) in [5.41, 5.74) is 5.90. The van der Waals surface area contributed by atoms with E-state index in [2.05, 4.69) is 27.7 Å². The summed E-state index contributed by atoms with van der Waals surface area (Å²) in [6.45, 7) is 10.4. The summed E-state index contributed by atoms with van der Waals surface area (Å²) in [6.07, 6.45) is 2.15. The molecule has 2 unspecified atom stereocenters. The highest BCUT2D eigenvalue weighted by Gasteiger charge is 2.09. The van der Waals surface area contributed by atoms with Crippen LogP contribution in [-0.4, -0.2) is 19.3 Å². The molecule has 0 fully saturated rings. The fraction of sp³-hybridized carbons (Fsp3) is 1.00. The van der Waals surface area contributed by atoms with E-state index in [1.165, 1.54) is 0 Å². The Bertz CT molecular complexity index is 115. The molecule has 80 valence electrons. The maximum atomic E-state index is 5.90. The molecule has 0 aliphatic rings. The molecule has 13 heavy (non-hydrogen) atoms. The van der Waals surface area contributed by atoms with Crippen molar-refractivity contribution in [3.63, 3.8) is 0 Å². The Kier molecular flexibility index (Phi) is 7.29. The van der Waals surface area contributed by atoms with Crippen LogP contribution in [0.1, 0.15) is 40.5 Å². The molecular weight excluding hydrogens is 162 g/mol. The lowest BCUT2D eigenvalue weighted by Gasteiger charge is -2.18. The largest absolute Gasteiger partial charge is 0.381 e. The van der Waals surface area contributed by atoms with Crippen molar-refractivity contribution in [3.8, 4) is 0 Å². The Balaban J connectivity index is 3.31. The van der Waals surface area contributed by atoms with Gasteiger partial charge in [-0.15, -0.1) is 0 Å². The normalized spacial score (nSPS) is 16.2. The van der Waals surface area contributed by atoms with Gasteiger partial charge in [0.15, 0.2) is 0 Å². The Hall–Kier alpha value is -0.0800. The molecule has 0 saturated carbocycles. The topological polar surface area (TPSA) is 35.2 Å². The molecule has 2 heteroatoms. The highest BCUT2D eigenvalue weighted by Crippen LogP contribution is 2.09. The van der Waals surface area contributed by atoms with Gasteiger partial charge < -0.3 is 10.5 Å². The predicted octanol–water partition coefficient (Wildman–Crippen LogP) is 2.42. The average molecular weight is 187 g/mol. The van der Waals surface area contributed by atoms with Crippen LogP contribution in [0.3, 0.4) is 0 Å². The predicted molar refractivity (Wildman–Crippen MR) is 57.7 cm³/mol. The van der Waals surface area contributed by atoms with Crippen LogP contribution in [0.5, 0.6) is 0 Å². The summed E-state index contributed by atoms with van der Waals surface area (Å²) >= 11 is 0. The van der Waals surface area contributed by atoms with E-state index in [0.717, 1.165) is 26.1 Å². The average Bonchev–Trinajstić information content (AvgIpc) is 2.10. The van der Waals surface area contributed by atoms with E-state index in [1.54, 1.807) is 0 Å². The maximum Gasteiger partial charge on any atom is 0.0488 e. The van der Waals surface area contributed by atoms with Crippen molar-refractivity contribution in [2.45, 2.75) is 46.6 Å². The zero-order chi connectivity index (χ0) is 10.3. The van der Waals surface area contributed by atoms with Crippen molar-refractivity contribution in [1.29, 1.82) is 0 Å². The monoisotopic (exact) mass is 187 g/mol. The van der Waals surface area contributed by atoms with Crippen LogP contribution in [0.15, 0.2) is 0 Å². The van der Waals surface area contributed by atoms with Gasteiger partial charge in [-0.1, -0.05) is 27.7 Å². The lowest BCUT2D eigenvalue weighted by Crippen LogP contribution is -2.28. The second-order valence-electron chi connectivity index (χ2n) is 4.31. The van der Waals surface area contributed by atoms with Gasteiger partial charge >= 0.3 is 0 Å². The first-order valence-electron chi connectivity index (χ1n) is 5.41. The van der Waals surface area contributed by atoms with E-state index in [1.807, 2.05) is 0 Å². The molecule has 2 nitrogen and oxygen atoms in total. The third-order valence-electron chi connectivity index (χ3n) is 2.37. The molecule has 0 aromatic heterocycles. The second-order valence-corrected chi connectivity index (χ2v) is 4.31. The molecule has 0 amide bonds. The van der Waals surface area contributed by atoms with Crippen molar-refractivity contribution in [1.82, 2.24) is 0 Å². The van der Waals surface area contributed by atoms with Crippen LogP contribution in [0.2, 0.25) is 0 Å². The smallest absolute Gasteiger partial charge is 0.0488 e. The molecule has 0 aromatic rings. The van der Waals surface area contributed by atoms with Crippen molar-refractivity contribution >= 4 is 0 Å². The number of rotatable bonds is 7. The van der Waals surface area contributed by atoms with Crippen LogP contribution >= 0.6 is 0 Å². The quantitative estimate of drug-likeness (QED) is 0.621. The fourth-order valence-electron chi connectivity index (χ4n) is 1.20. The SMILES string of the molecule is CCC(N)C(C)CCOCC(C)C. The van der Waals surface area contributed by atoms with E-state index in [9.17, 15) is 0 Å². The Morgan fingerprint density at radius 1 is 1.23 bits per heavy atom. The minimum absolute atomic E-state index is 0.336. The first-order valence-corrected chi connectivity index (χ1v) is 5.41. The molecule has 0 heterocycles. The van der Waals surface area contributed by atoms with Gasteiger partial charge in [0.25, 0.3) is 0 Å². The van der Waals surface area contributed by atoms with Crippen molar-refractivity contribution in [2.75, 3.05) is 13.2 Å². The van der Waals surface area contributed by atoms with Crippen LogP contribution in [0, 0.1) is 11.8 Å². The zero-order valence-electron chi connectivity index (χ0n) is 9.55. The molecule has 0 aliphatic heterocycles. The zero-order valence-corrected chi connectivity index (χ0v) is 9.55. The molecule has 2 N–H and O–H groups in total.